The largest absolute Gasteiger partial charge is 0.468 e. The summed E-state index contributed by atoms with van der Waals surface area (Å²) in [6, 6.07) is 17.9. The molecule has 0 bridgehead atoms. The quantitative estimate of drug-likeness (QED) is 0.367. The normalized spacial score (nSPS) is 18.2. The third-order valence-corrected chi connectivity index (χ3v) is 7.30. The van der Waals surface area contributed by atoms with Gasteiger partial charge in [-0.2, -0.15) is 0 Å². The van der Waals surface area contributed by atoms with Gasteiger partial charge in [0.1, 0.15) is 5.75 Å². The highest BCUT2D eigenvalue weighted by Crippen LogP contribution is 2.27. The maximum absolute atomic E-state index is 5.86. The Hall–Kier alpha value is -1.80. The van der Waals surface area contributed by atoms with Gasteiger partial charge in [-0.05, 0) is 73.3 Å². The molecular weight excluding hydrogens is 380 g/mol. The molecule has 31 heavy (non-hydrogen) atoms. The van der Waals surface area contributed by atoms with Crippen molar-refractivity contribution in [3.63, 3.8) is 0 Å². The lowest BCUT2D eigenvalue weighted by molar-refractivity contribution is -0.0496. The molecule has 2 aromatic rings. The SMILES string of the molecule is c1cc(CCC2CCCCC2)ccc1CCc1ccc(OCOC2CCCCC2)cc1. The molecule has 2 saturated carbocycles. The molecule has 0 atom stereocenters. The number of benzene rings is 2. The van der Waals surface area contributed by atoms with E-state index in [-0.39, 0.29) is 0 Å². The third-order valence-electron chi connectivity index (χ3n) is 7.30. The molecular formula is C29H40O2. The minimum atomic E-state index is 0.372. The molecule has 0 aliphatic heterocycles. The molecule has 0 heterocycles. The predicted molar refractivity (Wildman–Crippen MR) is 129 cm³/mol. The van der Waals surface area contributed by atoms with Crippen LogP contribution in [-0.2, 0) is 24.0 Å². The molecule has 0 unspecified atom stereocenters. The van der Waals surface area contributed by atoms with E-state index in [4.69, 9.17) is 9.47 Å². The zero-order chi connectivity index (χ0) is 21.1. The van der Waals surface area contributed by atoms with Crippen LogP contribution in [0.4, 0.5) is 0 Å². The van der Waals surface area contributed by atoms with Gasteiger partial charge in [-0.25, -0.2) is 0 Å². The van der Waals surface area contributed by atoms with Gasteiger partial charge in [-0.15, -0.1) is 0 Å². The Balaban J connectivity index is 1.15. The van der Waals surface area contributed by atoms with Crippen LogP contribution in [0.25, 0.3) is 0 Å². The van der Waals surface area contributed by atoms with E-state index in [0.29, 0.717) is 12.9 Å². The second-order valence-electron chi connectivity index (χ2n) is 9.69. The average molecular weight is 421 g/mol. The van der Waals surface area contributed by atoms with Gasteiger partial charge in [0.2, 0.25) is 0 Å². The number of rotatable bonds is 10. The lowest BCUT2D eigenvalue weighted by Crippen LogP contribution is -2.19. The van der Waals surface area contributed by atoms with E-state index in [2.05, 4.69) is 48.5 Å². The second-order valence-corrected chi connectivity index (χ2v) is 9.69. The number of aryl methyl sites for hydroxylation is 3. The molecule has 0 N–H and O–H groups in total. The van der Waals surface area contributed by atoms with Gasteiger partial charge in [0.25, 0.3) is 0 Å². The molecule has 0 radical (unpaired) electrons. The molecule has 4 rings (SSSR count). The summed E-state index contributed by atoms with van der Waals surface area (Å²) in [7, 11) is 0. The molecule has 2 aromatic carbocycles. The topological polar surface area (TPSA) is 18.5 Å². The first-order valence-electron chi connectivity index (χ1n) is 12.8. The molecule has 0 amide bonds. The van der Waals surface area contributed by atoms with Crippen molar-refractivity contribution >= 4 is 0 Å². The van der Waals surface area contributed by atoms with Crippen molar-refractivity contribution in [3.05, 3.63) is 65.2 Å². The summed E-state index contributed by atoms with van der Waals surface area (Å²) in [5.74, 6) is 1.88. The Morgan fingerprint density at radius 3 is 1.71 bits per heavy atom. The van der Waals surface area contributed by atoms with Gasteiger partial charge in [0.05, 0.1) is 6.10 Å². The molecule has 2 nitrogen and oxygen atoms in total. The smallest absolute Gasteiger partial charge is 0.189 e. The van der Waals surface area contributed by atoms with E-state index in [1.807, 2.05) is 0 Å². The number of hydrogen-bond donors (Lipinski definition) is 0. The van der Waals surface area contributed by atoms with Crippen LogP contribution < -0.4 is 4.74 Å². The molecule has 168 valence electrons. The van der Waals surface area contributed by atoms with Crippen molar-refractivity contribution in [3.8, 4) is 5.75 Å². The van der Waals surface area contributed by atoms with Crippen molar-refractivity contribution in [1.82, 2.24) is 0 Å². The van der Waals surface area contributed by atoms with Gasteiger partial charge in [-0.1, -0.05) is 87.8 Å². The molecule has 0 aromatic heterocycles. The first-order chi connectivity index (χ1) is 15.3. The van der Waals surface area contributed by atoms with E-state index in [1.165, 1.54) is 93.7 Å². The van der Waals surface area contributed by atoms with E-state index in [9.17, 15) is 0 Å². The molecule has 2 aliphatic rings. The summed E-state index contributed by atoms with van der Waals surface area (Å²) in [6.07, 6.45) is 18.7. The van der Waals surface area contributed by atoms with E-state index < -0.39 is 0 Å². The Morgan fingerprint density at radius 1 is 0.581 bits per heavy atom. The highest BCUT2D eigenvalue weighted by atomic mass is 16.7. The fraction of sp³-hybridized carbons (Fsp3) is 0.586. The lowest BCUT2D eigenvalue weighted by atomic mass is 9.85. The molecule has 2 aliphatic carbocycles. The zero-order valence-corrected chi connectivity index (χ0v) is 19.2. The number of ether oxygens (including phenoxy) is 2. The van der Waals surface area contributed by atoms with Gasteiger partial charge >= 0.3 is 0 Å². The second kappa shape index (κ2) is 12.3. The summed E-state index contributed by atoms with van der Waals surface area (Å²) in [5, 5.41) is 0. The van der Waals surface area contributed by atoms with E-state index in [0.717, 1.165) is 24.5 Å². The summed E-state index contributed by atoms with van der Waals surface area (Å²) >= 11 is 0. The minimum Gasteiger partial charge on any atom is -0.468 e. The van der Waals surface area contributed by atoms with Crippen molar-refractivity contribution in [1.29, 1.82) is 0 Å². The van der Waals surface area contributed by atoms with Crippen LogP contribution in [0.2, 0.25) is 0 Å². The molecule has 2 heteroatoms. The van der Waals surface area contributed by atoms with Crippen LogP contribution in [0.3, 0.4) is 0 Å². The van der Waals surface area contributed by atoms with Gasteiger partial charge in [-0.3, -0.25) is 0 Å². The molecule has 0 saturated heterocycles. The van der Waals surface area contributed by atoms with E-state index >= 15 is 0 Å². The monoisotopic (exact) mass is 420 g/mol. The lowest BCUT2D eigenvalue weighted by Gasteiger charge is -2.21. The fourth-order valence-corrected chi connectivity index (χ4v) is 5.19. The Kier molecular flexibility index (Phi) is 8.88. The Labute approximate surface area is 189 Å². The van der Waals surface area contributed by atoms with Gasteiger partial charge < -0.3 is 9.47 Å². The van der Waals surface area contributed by atoms with Crippen molar-refractivity contribution in [2.24, 2.45) is 5.92 Å². The maximum Gasteiger partial charge on any atom is 0.189 e. The standard InChI is InChI=1S/C29H40O2/c1-3-7-24(8-4-1)11-12-25-13-15-26(16-14-25)17-18-27-19-21-29(22-20-27)31-23-30-28-9-5-2-6-10-28/h13-16,19-22,24,28H,1-12,17-18,23H2. The summed E-state index contributed by atoms with van der Waals surface area (Å²) in [5.41, 5.74) is 4.30. The van der Waals surface area contributed by atoms with Crippen molar-refractivity contribution < 1.29 is 9.47 Å². The summed E-state index contributed by atoms with van der Waals surface area (Å²) < 4.78 is 11.6. The van der Waals surface area contributed by atoms with E-state index in [1.54, 1.807) is 0 Å². The molecule has 0 spiro atoms. The van der Waals surface area contributed by atoms with Crippen LogP contribution in [0.15, 0.2) is 48.5 Å². The highest BCUT2D eigenvalue weighted by molar-refractivity contribution is 5.29. The average Bonchev–Trinajstić information content (AvgIpc) is 2.84. The molecule has 2 fully saturated rings. The Bertz CT molecular complexity index is 737. The fourth-order valence-electron chi connectivity index (χ4n) is 5.19. The number of hydrogen-bond acceptors (Lipinski definition) is 2. The summed E-state index contributed by atoms with van der Waals surface area (Å²) in [4.78, 5) is 0. The van der Waals surface area contributed by atoms with Crippen LogP contribution in [-0.4, -0.2) is 12.9 Å². The van der Waals surface area contributed by atoms with Crippen molar-refractivity contribution in [2.45, 2.75) is 96.0 Å². The van der Waals surface area contributed by atoms with Crippen LogP contribution >= 0.6 is 0 Å². The van der Waals surface area contributed by atoms with Crippen LogP contribution in [0.1, 0.15) is 87.3 Å². The zero-order valence-electron chi connectivity index (χ0n) is 19.2. The van der Waals surface area contributed by atoms with Crippen molar-refractivity contribution in [2.75, 3.05) is 6.79 Å². The summed E-state index contributed by atoms with van der Waals surface area (Å²) in [6.45, 7) is 0.372. The minimum absolute atomic E-state index is 0.372. The first-order valence-corrected chi connectivity index (χ1v) is 12.8. The first kappa shape index (κ1) is 22.4. The predicted octanol–water partition coefficient (Wildman–Crippen LogP) is 7.67. The Morgan fingerprint density at radius 2 is 1.10 bits per heavy atom. The van der Waals surface area contributed by atoms with Crippen LogP contribution in [0, 0.1) is 5.92 Å². The van der Waals surface area contributed by atoms with Crippen LogP contribution in [0.5, 0.6) is 5.75 Å². The van der Waals surface area contributed by atoms with Gasteiger partial charge in [0.15, 0.2) is 6.79 Å². The maximum atomic E-state index is 5.86. The third kappa shape index (κ3) is 7.68. The highest BCUT2D eigenvalue weighted by Gasteiger charge is 2.14. The van der Waals surface area contributed by atoms with Gasteiger partial charge in [0, 0.05) is 0 Å².